The fourth-order valence-electron chi connectivity index (χ4n) is 3.98. The van der Waals surface area contributed by atoms with Crippen LogP contribution >= 0.6 is 23.2 Å². The second kappa shape index (κ2) is 10.3. The molecule has 0 amide bonds. The van der Waals surface area contributed by atoms with E-state index in [1.54, 1.807) is 0 Å². The third kappa shape index (κ3) is 5.65. The summed E-state index contributed by atoms with van der Waals surface area (Å²) >= 11 is 12.8. The molecule has 29 heavy (non-hydrogen) atoms. The molecule has 1 fully saturated rings. The Bertz CT molecular complexity index is 867. The van der Waals surface area contributed by atoms with Crippen LogP contribution in [-0.2, 0) is 4.79 Å². The van der Waals surface area contributed by atoms with Crippen LogP contribution in [0, 0.1) is 11.8 Å². The minimum Gasteiger partial charge on any atom is -0.493 e. The number of allylic oxidation sites excluding steroid dienone is 2. The monoisotopic (exact) mass is 436 g/mol. The van der Waals surface area contributed by atoms with Gasteiger partial charge in [0.25, 0.3) is 0 Å². The van der Waals surface area contributed by atoms with Crippen LogP contribution in [0.2, 0.25) is 5.02 Å². The number of ether oxygens (including phenoxy) is 1. The molecule has 0 radical (unpaired) electrons. The lowest BCUT2D eigenvalue weighted by atomic mass is 9.92. The van der Waals surface area contributed by atoms with Gasteiger partial charge in [0.2, 0.25) is 0 Å². The fraction of sp³-hybridized carbons (Fsp3) is 0.435. The Morgan fingerprint density at radius 2 is 1.90 bits per heavy atom. The van der Waals surface area contributed by atoms with Gasteiger partial charge in [-0.15, -0.1) is 11.6 Å². The van der Waals surface area contributed by atoms with Crippen LogP contribution in [0.4, 0.5) is 0 Å². The van der Waals surface area contributed by atoms with E-state index in [1.807, 2.05) is 48.6 Å². The number of carboxylic acids is 1. The van der Waals surface area contributed by atoms with Crippen molar-refractivity contribution in [3.05, 3.63) is 53.6 Å². The van der Waals surface area contributed by atoms with Crippen LogP contribution in [0.25, 0.3) is 10.8 Å². The van der Waals surface area contributed by atoms with Gasteiger partial charge in [-0.3, -0.25) is 4.79 Å². The topological polar surface area (TPSA) is 66.8 Å². The van der Waals surface area contributed by atoms with Crippen molar-refractivity contribution < 1.29 is 19.7 Å². The minimum absolute atomic E-state index is 0.0596. The Morgan fingerprint density at radius 1 is 1.14 bits per heavy atom. The van der Waals surface area contributed by atoms with Gasteiger partial charge in [-0.25, -0.2) is 0 Å². The lowest BCUT2D eigenvalue weighted by molar-refractivity contribution is -0.137. The number of hydrogen-bond donors (Lipinski definition) is 2. The Labute approximate surface area is 181 Å². The molecule has 3 rings (SSSR count). The molecular formula is C23H26Cl2O4. The summed E-state index contributed by atoms with van der Waals surface area (Å²) in [6, 6.07) is 11.5. The van der Waals surface area contributed by atoms with Crippen LogP contribution in [0.1, 0.15) is 32.1 Å². The van der Waals surface area contributed by atoms with Crippen molar-refractivity contribution in [2.45, 2.75) is 43.6 Å². The third-order valence-electron chi connectivity index (χ3n) is 5.57. The van der Waals surface area contributed by atoms with E-state index in [9.17, 15) is 9.90 Å². The highest BCUT2D eigenvalue weighted by atomic mass is 35.5. The molecule has 0 unspecified atom stereocenters. The van der Waals surface area contributed by atoms with E-state index in [2.05, 4.69) is 0 Å². The molecule has 156 valence electrons. The summed E-state index contributed by atoms with van der Waals surface area (Å²) in [6.45, 7) is 0.382. The van der Waals surface area contributed by atoms with E-state index in [4.69, 9.17) is 33.0 Å². The Morgan fingerprint density at radius 3 is 2.66 bits per heavy atom. The first kappa shape index (κ1) is 21.9. The lowest BCUT2D eigenvalue weighted by Crippen LogP contribution is -2.27. The summed E-state index contributed by atoms with van der Waals surface area (Å²) in [5.74, 6) is 0.0276. The molecule has 4 atom stereocenters. The van der Waals surface area contributed by atoms with E-state index in [-0.39, 0.29) is 23.6 Å². The maximum absolute atomic E-state index is 10.6. The zero-order chi connectivity index (χ0) is 20.8. The minimum atomic E-state index is -0.773. The number of carboxylic acid groups (broad SMARTS) is 1. The molecular weight excluding hydrogens is 411 g/mol. The largest absolute Gasteiger partial charge is 0.493 e. The highest BCUT2D eigenvalue weighted by Gasteiger charge is 2.41. The van der Waals surface area contributed by atoms with Gasteiger partial charge in [0, 0.05) is 33.5 Å². The molecule has 0 bridgehead atoms. The summed E-state index contributed by atoms with van der Waals surface area (Å²) in [7, 11) is 0. The number of carbonyl (C=O) groups is 1. The van der Waals surface area contributed by atoms with E-state index in [1.165, 1.54) is 0 Å². The molecule has 4 nitrogen and oxygen atoms in total. The normalized spacial score (nSPS) is 24.4. The number of aliphatic carboxylic acids is 1. The van der Waals surface area contributed by atoms with Gasteiger partial charge < -0.3 is 14.9 Å². The maximum atomic E-state index is 10.6. The third-order valence-corrected chi connectivity index (χ3v) is 6.41. The fourth-order valence-corrected chi connectivity index (χ4v) is 4.68. The van der Waals surface area contributed by atoms with Gasteiger partial charge in [0.15, 0.2) is 0 Å². The molecule has 0 aliphatic heterocycles. The first-order valence-electron chi connectivity index (χ1n) is 9.96. The molecule has 1 saturated carbocycles. The Balaban J connectivity index is 1.62. The van der Waals surface area contributed by atoms with E-state index < -0.39 is 12.1 Å². The first-order chi connectivity index (χ1) is 14.0. The predicted octanol–water partition coefficient (Wildman–Crippen LogP) is 5.68. The van der Waals surface area contributed by atoms with E-state index in [0.717, 1.165) is 29.4 Å². The molecule has 2 aromatic carbocycles. The number of hydrogen-bond acceptors (Lipinski definition) is 3. The first-order valence-corrected chi connectivity index (χ1v) is 10.8. The highest BCUT2D eigenvalue weighted by molar-refractivity contribution is 6.35. The maximum Gasteiger partial charge on any atom is 0.303 e. The standard InChI is InChI=1S/C23H26Cl2O4/c24-19-11-12-22(17-9-6-5-8-15(17)19)29-14-18-16(20(25)13-21(18)26)7-3-1-2-4-10-23(27)28/h1,3,5-6,8-9,11-12,16,18,20-21,26H,2,4,7,10,13-14H2,(H,27,28)/b3-1-/t16-,18-,20+,21-/m1/s1. The van der Waals surface area contributed by atoms with Crippen LogP contribution in [-0.4, -0.2) is 34.3 Å². The van der Waals surface area contributed by atoms with E-state index in [0.29, 0.717) is 24.5 Å². The average Bonchev–Trinajstić information content (AvgIpc) is 2.96. The summed E-state index contributed by atoms with van der Waals surface area (Å²) in [6.07, 6.45) is 6.37. The second-order valence-electron chi connectivity index (χ2n) is 7.54. The zero-order valence-corrected chi connectivity index (χ0v) is 17.6. The predicted molar refractivity (Wildman–Crippen MR) is 117 cm³/mol. The number of rotatable bonds is 9. The molecule has 2 N–H and O–H groups in total. The number of alkyl halides is 1. The number of aliphatic hydroxyl groups is 1. The molecule has 2 aromatic rings. The van der Waals surface area contributed by atoms with Gasteiger partial charge in [-0.1, -0.05) is 48.0 Å². The number of fused-ring (bicyclic) bond motifs is 1. The van der Waals surface area contributed by atoms with Gasteiger partial charge in [0.05, 0.1) is 12.7 Å². The second-order valence-corrected chi connectivity index (χ2v) is 8.51. The van der Waals surface area contributed by atoms with E-state index >= 15 is 0 Å². The SMILES string of the molecule is O=C(O)CCC/C=C\C[C@@H]1[C@@H](COc2ccc(Cl)c3ccccc23)[C@H](O)C[C@@H]1Cl. The Hall–Kier alpha value is -1.75. The molecule has 1 aliphatic rings. The van der Waals surface area contributed by atoms with Crippen molar-refractivity contribution in [3.63, 3.8) is 0 Å². The number of halogens is 2. The molecule has 0 heterocycles. The zero-order valence-electron chi connectivity index (χ0n) is 16.1. The molecule has 0 spiro atoms. The molecule has 0 saturated heterocycles. The lowest BCUT2D eigenvalue weighted by Gasteiger charge is -2.23. The van der Waals surface area contributed by atoms with Crippen molar-refractivity contribution in [2.75, 3.05) is 6.61 Å². The number of benzene rings is 2. The van der Waals surface area contributed by atoms with Crippen molar-refractivity contribution in [1.82, 2.24) is 0 Å². The van der Waals surface area contributed by atoms with Gasteiger partial charge >= 0.3 is 5.97 Å². The van der Waals surface area contributed by atoms with Crippen molar-refractivity contribution in [1.29, 1.82) is 0 Å². The Kier molecular flexibility index (Phi) is 7.82. The smallest absolute Gasteiger partial charge is 0.303 e. The van der Waals surface area contributed by atoms with Gasteiger partial charge in [-0.2, -0.15) is 0 Å². The molecule has 6 heteroatoms. The number of unbranched alkanes of at least 4 members (excludes halogenated alkanes) is 1. The van der Waals surface area contributed by atoms with Crippen molar-refractivity contribution in [3.8, 4) is 5.75 Å². The van der Waals surface area contributed by atoms with Crippen molar-refractivity contribution >= 4 is 39.9 Å². The summed E-state index contributed by atoms with van der Waals surface area (Å²) in [5, 5.41) is 21.6. The summed E-state index contributed by atoms with van der Waals surface area (Å²) < 4.78 is 6.11. The quantitative estimate of drug-likeness (QED) is 0.301. The molecule has 0 aromatic heterocycles. The molecule has 1 aliphatic carbocycles. The van der Waals surface area contributed by atoms with Gasteiger partial charge in [-0.05, 0) is 43.7 Å². The van der Waals surface area contributed by atoms with Crippen molar-refractivity contribution in [2.24, 2.45) is 11.8 Å². The van der Waals surface area contributed by atoms with Crippen LogP contribution < -0.4 is 4.74 Å². The highest BCUT2D eigenvalue weighted by Crippen LogP contribution is 2.40. The number of aliphatic hydroxyl groups excluding tert-OH is 1. The average molecular weight is 437 g/mol. The summed E-state index contributed by atoms with van der Waals surface area (Å²) in [4.78, 5) is 10.6. The summed E-state index contributed by atoms with van der Waals surface area (Å²) in [5.41, 5.74) is 0. The van der Waals surface area contributed by atoms with Crippen LogP contribution in [0.5, 0.6) is 5.75 Å². The van der Waals surface area contributed by atoms with Crippen LogP contribution in [0.15, 0.2) is 48.6 Å². The van der Waals surface area contributed by atoms with Crippen LogP contribution in [0.3, 0.4) is 0 Å². The van der Waals surface area contributed by atoms with Gasteiger partial charge in [0.1, 0.15) is 5.75 Å².